The van der Waals surface area contributed by atoms with Gasteiger partial charge < -0.3 is 5.32 Å². The van der Waals surface area contributed by atoms with Gasteiger partial charge in [0.15, 0.2) is 0 Å². The van der Waals surface area contributed by atoms with Gasteiger partial charge in [-0.3, -0.25) is 0 Å². The van der Waals surface area contributed by atoms with Gasteiger partial charge in [-0.1, -0.05) is 43.1 Å². The molecule has 0 atom stereocenters. The van der Waals surface area contributed by atoms with Crippen LogP contribution in [0.3, 0.4) is 0 Å². The number of hydrogen-bond donors (Lipinski definition) is 1. The number of hydrogen-bond acceptors (Lipinski definition) is 1. The molecule has 0 aliphatic rings. The second-order valence-electron chi connectivity index (χ2n) is 4.60. The predicted molar refractivity (Wildman–Crippen MR) is 72.7 cm³/mol. The molecule has 1 N–H and O–H groups in total. The predicted octanol–water partition coefficient (Wildman–Crippen LogP) is 4.35. The summed E-state index contributed by atoms with van der Waals surface area (Å²) in [6.07, 6.45) is 0. The monoisotopic (exact) mass is 279 g/mol. The number of alkyl halides is 1. The smallest absolute Gasteiger partial charge is 0.0465 e. The molecule has 1 rings (SSSR count). The molecule has 90 valence electrons. The fraction of sp³-hybridized carbons (Fsp3) is 0.500. The van der Waals surface area contributed by atoms with Crippen LogP contribution >= 0.6 is 34.8 Å². The van der Waals surface area contributed by atoms with E-state index < -0.39 is 0 Å². The van der Waals surface area contributed by atoms with Crippen LogP contribution in [0.15, 0.2) is 18.2 Å². The van der Waals surface area contributed by atoms with Crippen molar-refractivity contribution in [3.63, 3.8) is 0 Å². The van der Waals surface area contributed by atoms with Gasteiger partial charge in [0.1, 0.15) is 0 Å². The maximum Gasteiger partial charge on any atom is 0.0465 e. The molecule has 0 heterocycles. The SMILES string of the molecule is CC(C)(CCl)CNCc1c(Cl)cccc1Cl. The fourth-order valence-corrected chi connectivity index (χ4v) is 1.90. The highest BCUT2D eigenvalue weighted by Gasteiger charge is 2.16. The van der Waals surface area contributed by atoms with E-state index in [4.69, 9.17) is 34.8 Å². The Morgan fingerprint density at radius 3 is 2.25 bits per heavy atom. The third kappa shape index (κ3) is 4.14. The van der Waals surface area contributed by atoms with Crippen LogP contribution in [0.5, 0.6) is 0 Å². The average Bonchev–Trinajstić information content (AvgIpc) is 2.22. The quantitative estimate of drug-likeness (QED) is 0.791. The molecule has 0 aromatic heterocycles. The van der Waals surface area contributed by atoms with Crippen molar-refractivity contribution in [1.29, 1.82) is 0 Å². The van der Waals surface area contributed by atoms with Gasteiger partial charge in [0.2, 0.25) is 0 Å². The van der Waals surface area contributed by atoms with Crippen LogP contribution in [-0.4, -0.2) is 12.4 Å². The van der Waals surface area contributed by atoms with Crippen LogP contribution in [0.25, 0.3) is 0 Å². The zero-order valence-corrected chi connectivity index (χ0v) is 11.8. The Morgan fingerprint density at radius 1 is 1.19 bits per heavy atom. The van der Waals surface area contributed by atoms with Crippen LogP contribution < -0.4 is 5.32 Å². The molecule has 0 aliphatic heterocycles. The average molecular weight is 281 g/mol. The molecule has 0 saturated carbocycles. The molecule has 0 spiro atoms. The lowest BCUT2D eigenvalue weighted by Crippen LogP contribution is -2.30. The van der Waals surface area contributed by atoms with Crippen LogP contribution in [0.4, 0.5) is 0 Å². The molecule has 0 aliphatic carbocycles. The van der Waals surface area contributed by atoms with E-state index in [2.05, 4.69) is 19.2 Å². The normalized spacial score (nSPS) is 11.8. The second-order valence-corrected chi connectivity index (χ2v) is 5.68. The topological polar surface area (TPSA) is 12.0 Å². The lowest BCUT2D eigenvalue weighted by atomic mass is 9.96. The van der Waals surface area contributed by atoms with E-state index in [1.807, 2.05) is 18.2 Å². The van der Waals surface area contributed by atoms with Crippen LogP contribution in [0, 0.1) is 5.41 Å². The van der Waals surface area contributed by atoms with Crippen LogP contribution in [-0.2, 0) is 6.54 Å². The number of rotatable bonds is 5. The maximum atomic E-state index is 6.06. The summed E-state index contributed by atoms with van der Waals surface area (Å²) in [5.74, 6) is 0.621. The minimum atomic E-state index is 0.0787. The summed E-state index contributed by atoms with van der Waals surface area (Å²) in [7, 11) is 0. The minimum Gasteiger partial charge on any atom is -0.312 e. The third-order valence-electron chi connectivity index (χ3n) is 2.33. The molecular formula is C12H16Cl3N. The summed E-state index contributed by atoms with van der Waals surface area (Å²) in [6.45, 7) is 5.72. The summed E-state index contributed by atoms with van der Waals surface area (Å²) in [5, 5.41) is 4.72. The largest absolute Gasteiger partial charge is 0.312 e. The Balaban J connectivity index is 2.56. The lowest BCUT2D eigenvalue weighted by Gasteiger charge is -2.22. The number of nitrogens with one attached hydrogen (secondary N) is 1. The van der Waals surface area contributed by atoms with Crippen molar-refractivity contribution >= 4 is 34.8 Å². The first-order valence-electron chi connectivity index (χ1n) is 5.16. The highest BCUT2D eigenvalue weighted by Crippen LogP contribution is 2.24. The van der Waals surface area contributed by atoms with Crippen LogP contribution in [0.2, 0.25) is 10.0 Å². The summed E-state index contributed by atoms with van der Waals surface area (Å²) >= 11 is 18.0. The molecule has 0 saturated heterocycles. The fourth-order valence-electron chi connectivity index (χ4n) is 1.27. The van der Waals surface area contributed by atoms with Gasteiger partial charge in [0, 0.05) is 34.6 Å². The van der Waals surface area contributed by atoms with Crippen molar-refractivity contribution in [2.75, 3.05) is 12.4 Å². The first kappa shape index (κ1) is 14.1. The Labute approximate surface area is 112 Å². The van der Waals surface area contributed by atoms with Gasteiger partial charge in [0.05, 0.1) is 0 Å². The van der Waals surface area contributed by atoms with E-state index in [1.165, 1.54) is 0 Å². The molecule has 1 aromatic carbocycles. The van der Waals surface area contributed by atoms with Gasteiger partial charge in [-0.15, -0.1) is 11.6 Å². The Hall–Kier alpha value is 0.0500. The minimum absolute atomic E-state index is 0.0787. The molecule has 4 heteroatoms. The first-order chi connectivity index (χ1) is 7.46. The molecule has 0 bridgehead atoms. The molecule has 1 nitrogen and oxygen atoms in total. The molecular weight excluding hydrogens is 264 g/mol. The summed E-state index contributed by atoms with van der Waals surface area (Å²) in [5.41, 5.74) is 1.02. The van der Waals surface area contributed by atoms with Crippen molar-refractivity contribution < 1.29 is 0 Å². The van der Waals surface area contributed by atoms with E-state index in [9.17, 15) is 0 Å². The number of halogens is 3. The van der Waals surface area contributed by atoms with E-state index in [0.717, 1.165) is 12.1 Å². The van der Waals surface area contributed by atoms with Gasteiger partial charge in [-0.05, 0) is 17.5 Å². The van der Waals surface area contributed by atoms with Crippen molar-refractivity contribution in [2.24, 2.45) is 5.41 Å². The number of benzene rings is 1. The molecule has 16 heavy (non-hydrogen) atoms. The third-order valence-corrected chi connectivity index (χ3v) is 3.76. The van der Waals surface area contributed by atoms with Gasteiger partial charge in [-0.2, -0.15) is 0 Å². The zero-order chi connectivity index (χ0) is 12.2. The molecule has 1 aromatic rings. The molecule has 0 amide bonds. The van der Waals surface area contributed by atoms with Crippen molar-refractivity contribution in [2.45, 2.75) is 20.4 Å². The highest BCUT2D eigenvalue weighted by atomic mass is 35.5. The molecule has 0 unspecified atom stereocenters. The first-order valence-corrected chi connectivity index (χ1v) is 6.45. The standard InChI is InChI=1S/C12H16Cl3N/c1-12(2,7-13)8-16-6-9-10(14)4-3-5-11(9)15/h3-5,16H,6-8H2,1-2H3. The Morgan fingerprint density at radius 2 is 1.75 bits per heavy atom. The van der Waals surface area contributed by atoms with Crippen molar-refractivity contribution in [1.82, 2.24) is 5.32 Å². The van der Waals surface area contributed by atoms with Crippen molar-refractivity contribution in [3.05, 3.63) is 33.8 Å². The highest BCUT2D eigenvalue weighted by molar-refractivity contribution is 6.35. The van der Waals surface area contributed by atoms with E-state index >= 15 is 0 Å². The van der Waals surface area contributed by atoms with E-state index in [-0.39, 0.29) is 5.41 Å². The molecule has 0 fully saturated rings. The second kappa shape index (κ2) is 6.11. The molecule has 0 radical (unpaired) electrons. The summed E-state index contributed by atoms with van der Waals surface area (Å²) < 4.78 is 0. The Kier molecular flexibility index (Phi) is 5.39. The van der Waals surface area contributed by atoms with Gasteiger partial charge >= 0.3 is 0 Å². The summed E-state index contributed by atoms with van der Waals surface area (Å²) in [4.78, 5) is 0. The van der Waals surface area contributed by atoms with Gasteiger partial charge in [-0.25, -0.2) is 0 Å². The van der Waals surface area contributed by atoms with E-state index in [0.29, 0.717) is 22.5 Å². The maximum absolute atomic E-state index is 6.06. The van der Waals surface area contributed by atoms with Crippen molar-refractivity contribution in [3.8, 4) is 0 Å². The lowest BCUT2D eigenvalue weighted by molar-refractivity contribution is 0.385. The van der Waals surface area contributed by atoms with Crippen LogP contribution in [0.1, 0.15) is 19.4 Å². The Bertz CT molecular complexity index is 330. The van der Waals surface area contributed by atoms with E-state index in [1.54, 1.807) is 0 Å². The zero-order valence-electron chi connectivity index (χ0n) is 9.49. The van der Waals surface area contributed by atoms with Gasteiger partial charge in [0.25, 0.3) is 0 Å². The summed E-state index contributed by atoms with van der Waals surface area (Å²) in [6, 6.07) is 5.53.